The average molecular weight is 177 g/mol. The highest BCUT2D eigenvalue weighted by Gasteiger charge is 2.02. The molecule has 0 bridgehead atoms. The first kappa shape index (κ1) is 7.72. The van der Waals surface area contributed by atoms with E-state index >= 15 is 0 Å². The van der Waals surface area contributed by atoms with Gasteiger partial charge in [0.05, 0.1) is 12.6 Å². The lowest BCUT2D eigenvalue weighted by Crippen LogP contribution is -2.02. The second-order valence-corrected chi connectivity index (χ2v) is 2.67. The molecule has 66 valence electrons. The van der Waals surface area contributed by atoms with E-state index in [1.54, 1.807) is 29.2 Å². The van der Waals surface area contributed by atoms with Gasteiger partial charge in [-0.25, -0.2) is 9.50 Å². The minimum Gasteiger partial charge on any atom is -0.481 e. The number of carboxylic acids is 1. The first-order valence-corrected chi connectivity index (χ1v) is 3.76. The molecule has 0 saturated heterocycles. The summed E-state index contributed by atoms with van der Waals surface area (Å²) in [5.74, 6) is -0.867. The lowest BCUT2D eigenvalue weighted by molar-refractivity contribution is -0.136. The second kappa shape index (κ2) is 2.85. The van der Waals surface area contributed by atoms with Gasteiger partial charge in [0.25, 0.3) is 0 Å². The average Bonchev–Trinajstić information content (AvgIpc) is 2.49. The minimum absolute atomic E-state index is 0.0250. The van der Waals surface area contributed by atoms with E-state index in [0.29, 0.717) is 11.2 Å². The van der Waals surface area contributed by atoms with Crippen LogP contribution in [0.4, 0.5) is 0 Å². The monoisotopic (exact) mass is 177 g/mol. The van der Waals surface area contributed by atoms with E-state index in [1.165, 1.54) is 0 Å². The molecule has 2 rings (SSSR count). The van der Waals surface area contributed by atoms with E-state index in [-0.39, 0.29) is 6.42 Å². The summed E-state index contributed by atoms with van der Waals surface area (Å²) in [6.07, 6.45) is 4.80. The fourth-order valence-electron chi connectivity index (χ4n) is 1.11. The summed E-state index contributed by atoms with van der Waals surface area (Å²) in [6, 6.07) is 1.75. The van der Waals surface area contributed by atoms with Crippen molar-refractivity contribution < 1.29 is 9.90 Å². The number of carbonyl (C=O) groups is 1. The van der Waals surface area contributed by atoms with Crippen molar-refractivity contribution in [1.82, 2.24) is 14.6 Å². The summed E-state index contributed by atoms with van der Waals surface area (Å²) in [5, 5.41) is 12.5. The molecular weight excluding hydrogens is 170 g/mol. The van der Waals surface area contributed by atoms with Crippen LogP contribution in [0.3, 0.4) is 0 Å². The van der Waals surface area contributed by atoms with Gasteiger partial charge in [0.1, 0.15) is 0 Å². The molecule has 0 unspecified atom stereocenters. The Morgan fingerprint density at radius 1 is 1.62 bits per heavy atom. The normalized spacial score (nSPS) is 10.5. The number of fused-ring (bicyclic) bond motifs is 1. The van der Waals surface area contributed by atoms with Crippen LogP contribution in [0.2, 0.25) is 0 Å². The SMILES string of the molecule is O=C(O)Cc1cnc2ccnn2c1. The smallest absolute Gasteiger partial charge is 0.307 e. The molecule has 0 fully saturated rings. The van der Waals surface area contributed by atoms with Crippen LogP contribution in [0.5, 0.6) is 0 Å². The number of hydrogen-bond acceptors (Lipinski definition) is 3. The number of aromatic nitrogens is 3. The molecule has 2 heterocycles. The molecule has 0 radical (unpaired) electrons. The summed E-state index contributed by atoms with van der Waals surface area (Å²) >= 11 is 0. The molecule has 1 N–H and O–H groups in total. The second-order valence-electron chi connectivity index (χ2n) is 2.67. The number of carboxylic acid groups (broad SMARTS) is 1. The highest BCUT2D eigenvalue weighted by Crippen LogP contribution is 2.01. The van der Waals surface area contributed by atoms with Gasteiger partial charge in [-0.05, 0) is 5.56 Å². The largest absolute Gasteiger partial charge is 0.481 e. The molecule has 0 aliphatic heterocycles. The molecule has 2 aromatic rings. The molecule has 0 aliphatic rings. The van der Waals surface area contributed by atoms with Crippen LogP contribution in [-0.4, -0.2) is 25.7 Å². The van der Waals surface area contributed by atoms with Gasteiger partial charge in [-0.15, -0.1) is 0 Å². The number of rotatable bonds is 2. The third kappa shape index (κ3) is 1.48. The van der Waals surface area contributed by atoms with Crippen molar-refractivity contribution in [2.75, 3.05) is 0 Å². The maximum absolute atomic E-state index is 10.4. The first-order chi connectivity index (χ1) is 6.25. The number of hydrogen-bond donors (Lipinski definition) is 1. The molecule has 0 aromatic carbocycles. The summed E-state index contributed by atoms with van der Waals surface area (Å²) in [4.78, 5) is 14.4. The van der Waals surface area contributed by atoms with E-state index in [2.05, 4.69) is 10.1 Å². The van der Waals surface area contributed by atoms with E-state index in [4.69, 9.17) is 5.11 Å². The molecule has 0 atom stereocenters. The molecule has 0 spiro atoms. The van der Waals surface area contributed by atoms with Crippen LogP contribution in [0.1, 0.15) is 5.56 Å². The molecule has 0 saturated carbocycles. The Hall–Kier alpha value is -1.91. The van der Waals surface area contributed by atoms with Gasteiger partial charge >= 0.3 is 5.97 Å². The van der Waals surface area contributed by atoms with Crippen LogP contribution in [0, 0.1) is 0 Å². The lowest BCUT2D eigenvalue weighted by Gasteiger charge is -1.96. The predicted octanol–water partition coefficient (Wildman–Crippen LogP) is 0.356. The van der Waals surface area contributed by atoms with Crippen molar-refractivity contribution in [1.29, 1.82) is 0 Å². The van der Waals surface area contributed by atoms with Crippen LogP contribution >= 0.6 is 0 Å². The van der Waals surface area contributed by atoms with E-state index in [1.807, 2.05) is 0 Å². The Bertz CT molecular complexity index is 449. The Labute approximate surface area is 73.6 Å². The Kier molecular flexibility index (Phi) is 1.70. The molecule has 13 heavy (non-hydrogen) atoms. The minimum atomic E-state index is -0.867. The third-order valence-electron chi connectivity index (χ3n) is 1.66. The first-order valence-electron chi connectivity index (χ1n) is 3.76. The maximum atomic E-state index is 10.4. The molecule has 5 heteroatoms. The highest BCUT2D eigenvalue weighted by molar-refractivity contribution is 5.69. The molecule has 0 amide bonds. The summed E-state index contributed by atoms with van der Waals surface area (Å²) in [7, 11) is 0. The van der Waals surface area contributed by atoms with Gasteiger partial charge in [-0.1, -0.05) is 0 Å². The van der Waals surface area contributed by atoms with Crippen LogP contribution in [-0.2, 0) is 11.2 Å². The van der Waals surface area contributed by atoms with Gasteiger partial charge in [-0.2, -0.15) is 5.10 Å². The number of aliphatic carboxylic acids is 1. The standard InChI is InChI=1S/C8H7N3O2/c12-8(13)3-6-4-9-7-1-2-10-11(7)5-6/h1-2,4-5H,3H2,(H,12,13). The zero-order valence-corrected chi connectivity index (χ0v) is 6.71. The van der Waals surface area contributed by atoms with E-state index in [9.17, 15) is 4.79 Å². The molecular formula is C8H7N3O2. The number of nitrogens with zero attached hydrogens (tertiary/aromatic N) is 3. The lowest BCUT2D eigenvalue weighted by atomic mass is 10.2. The van der Waals surface area contributed by atoms with E-state index in [0.717, 1.165) is 0 Å². The summed E-state index contributed by atoms with van der Waals surface area (Å²) in [5.41, 5.74) is 1.36. The topological polar surface area (TPSA) is 67.5 Å². The van der Waals surface area contributed by atoms with Gasteiger partial charge in [0.15, 0.2) is 5.65 Å². The molecule has 5 nitrogen and oxygen atoms in total. The summed E-state index contributed by atoms with van der Waals surface area (Å²) in [6.45, 7) is 0. The predicted molar refractivity (Wildman–Crippen MR) is 44.3 cm³/mol. The highest BCUT2D eigenvalue weighted by atomic mass is 16.4. The van der Waals surface area contributed by atoms with Crippen molar-refractivity contribution in [2.24, 2.45) is 0 Å². The van der Waals surface area contributed by atoms with Crippen LogP contribution < -0.4 is 0 Å². The van der Waals surface area contributed by atoms with Gasteiger partial charge in [-0.3, -0.25) is 4.79 Å². The zero-order chi connectivity index (χ0) is 9.26. The van der Waals surface area contributed by atoms with Crippen molar-refractivity contribution in [3.05, 3.63) is 30.2 Å². The van der Waals surface area contributed by atoms with Crippen LogP contribution in [0.25, 0.3) is 5.65 Å². The van der Waals surface area contributed by atoms with Gasteiger partial charge < -0.3 is 5.11 Å². The molecule has 0 aliphatic carbocycles. The molecule has 2 aromatic heterocycles. The van der Waals surface area contributed by atoms with Crippen molar-refractivity contribution in [2.45, 2.75) is 6.42 Å². The van der Waals surface area contributed by atoms with Crippen molar-refractivity contribution >= 4 is 11.6 Å². The van der Waals surface area contributed by atoms with Crippen molar-refractivity contribution in [3.8, 4) is 0 Å². The quantitative estimate of drug-likeness (QED) is 0.719. The van der Waals surface area contributed by atoms with Crippen LogP contribution in [0.15, 0.2) is 24.7 Å². The third-order valence-corrected chi connectivity index (χ3v) is 1.66. The fraction of sp³-hybridized carbons (Fsp3) is 0.125. The Balaban J connectivity index is 2.42. The Morgan fingerprint density at radius 3 is 3.23 bits per heavy atom. The summed E-state index contributed by atoms with van der Waals surface area (Å²) < 4.78 is 1.55. The van der Waals surface area contributed by atoms with E-state index < -0.39 is 5.97 Å². The Morgan fingerprint density at radius 2 is 2.46 bits per heavy atom. The van der Waals surface area contributed by atoms with Gasteiger partial charge in [0.2, 0.25) is 0 Å². The fourth-order valence-corrected chi connectivity index (χ4v) is 1.11. The maximum Gasteiger partial charge on any atom is 0.307 e. The zero-order valence-electron chi connectivity index (χ0n) is 6.71. The van der Waals surface area contributed by atoms with Crippen molar-refractivity contribution in [3.63, 3.8) is 0 Å². The van der Waals surface area contributed by atoms with Gasteiger partial charge in [0, 0.05) is 18.5 Å².